The molecule has 1 amide bonds. The van der Waals surface area contributed by atoms with Crippen LogP contribution in [0.1, 0.15) is 21.5 Å². The Labute approximate surface area is 106 Å². The van der Waals surface area contributed by atoms with E-state index in [9.17, 15) is 4.79 Å². The van der Waals surface area contributed by atoms with Crippen molar-refractivity contribution in [1.29, 1.82) is 0 Å². The molecule has 92 valence electrons. The molecule has 0 aliphatic rings. The number of hydrogen-bond acceptors (Lipinski definition) is 2. The predicted octanol–water partition coefficient (Wildman–Crippen LogP) is 2.22. The van der Waals surface area contributed by atoms with Crippen LogP contribution in [0, 0.1) is 6.92 Å². The zero-order chi connectivity index (χ0) is 13.1. The van der Waals surface area contributed by atoms with E-state index >= 15 is 0 Å². The van der Waals surface area contributed by atoms with Gasteiger partial charge in [-0.2, -0.15) is 0 Å². The third-order valence-corrected chi connectivity index (χ3v) is 3.07. The number of aryl methyl sites for hydroxylation is 1. The molecule has 18 heavy (non-hydrogen) atoms. The van der Waals surface area contributed by atoms with Gasteiger partial charge in [-0.1, -0.05) is 30.3 Å². The van der Waals surface area contributed by atoms with Gasteiger partial charge in [-0.15, -0.1) is 0 Å². The Morgan fingerprint density at radius 1 is 1.06 bits per heavy atom. The maximum atomic E-state index is 11.0. The highest BCUT2D eigenvalue weighted by Crippen LogP contribution is 2.22. The molecule has 0 saturated heterocycles. The van der Waals surface area contributed by atoms with Crippen molar-refractivity contribution in [1.82, 2.24) is 0 Å². The van der Waals surface area contributed by atoms with Crippen molar-refractivity contribution in [3.05, 3.63) is 59.2 Å². The standard InChI is InChI=1S/C15H16N2O/c1-10-8-13(6-7-14(10)9-16)11-2-4-12(5-3-11)15(17)18/h2-8H,9,16H2,1H3,(H2,17,18). The first kappa shape index (κ1) is 12.3. The van der Waals surface area contributed by atoms with Crippen LogP contribution >= 0.6 is 0 Å². The molecule has 0 saturated carbocycles. The monoisotopic (exact) mass is 240 g/mol. The predicted molar refractivity (Wildman–Crippen MR) is 73.0 cm³/mol. The first-order valence-corrected chi connectivity index (χ1v) is 5.81. The molecule has 0 radical (unpaired) electrons. The fraction of sp³-hybridized carbons (Fsp3) is 0.133. The second kappa shape index (κ2) is 5.02. The van der Waals surface area contributed by atoms with Gasteiger partial charge in [0.1, 0.15) is 0 Å². The van der Waals surface area contributed by atoms with E-state index in [-0.39, 0.29) is 0 Å². The van der Waals surface area contributed by atoms with E-state index in [0.29, 0.717) is 12.1 Å². The summed E-state index contributed by atoms with van der Waals surface area (Å²) in [5, 5.41) is 0. The third-order valence-electron chi connectivity index (χ3n) is 3.07. The van der Waals surface area contributed by atoms with Crippen molar-refractivity contribution in [2.24, 2.45) is 11.5 Å². The smallest absolute Gasteiger partial charge is 0.248 e. The van der Waals surface area contributed by atoms with Crippen LogP contribution in [0.3, 0.4) is 0 Å². The van der Waals surface area contributed by atoms with Gasteiger partial charge in [0.25, 0.3) is 0 Å². The van der Waals surface area contributed by atoms with Crippen LogP contribution in [0.15, 0.2) is 42.5 Å². The molecular weight excluding hydrogens is 224 g/mol. The summed E-state index contributed by atoms with van der Waals surface area (Å²) in [6.45, 7) is 2.59. The molecule has 2 aromatic carbocycles. The molecule has 3 nitrogen and oxygen atoms in total. The van der Waals surface area contributed by atoms with Crippen LogP contribution in [0.4, 0.5) is 0 Å². The Morgan fingerprint density at radius 2 is 1.67 bits per heavy atom. The van der Waals surface area contributed by atoms with Gasteiger partial charge in [-0.3, -0.25) is 4.79 Å². The number of hydrogen-bond donors (Lipinski definition) is 2. The molecule has 0 bridgehead atoms. The topological polar surface area (TPSA) is 69.1 Å². The van der Waals surface area contributed by atoms with Crippen molar-refractivity contribution in [3.8, 4) is 11.1 Å². The number of primary amides is 1. The van der Waals surface area contributed by atoms with E-state index in [2.05, 4.69) is 6.07 Å². The average molecular weight is 240 g/mol. The summed E-state index contributed by atoms with van der Waals surface area (Å²) in [6.07, 6.45) is 0. The molecule has 0 heterocycles. The second-order valence-electron chi connectivity index (χ2n) is 4.29. The highest BCUT2D eigenvalue weighted by molar-refractivity contribution is 5.93. The molecule has 0 unspecified atom stereocenters. The largest absolute Gasteiger partial charge is 0.366 e. The van der Waals surface area contributed by atoms with Crippen LogP contribution in [-0.2, 0) is 6.54 Å². The zero-order valence-corrected chi connectivity index (χ0v) is 10.3. The summed E-state index contributed by atoms with van der Waals surface area (Å²) in [5.41, 5.74) is 15.9. The van der Waals surface area contributed by atoms with Gasteiger partial charge in [0.15, 0.2) is 0 Å². The van der Waals surface area contributed by atoms with Gasteiger partial charge < -0.3 is 11.5 Å². The Balaban J connectivity index is 2.36. The van der Waals surface area contributed by atoms with E-state index in [0.717, 1.165) is 16.7 Å². The van der Waals surface area contributed by atoms with Crippen LogP contribution in [0.25, 0.3) is 11.1 Å². The van der Waals surface area contributed by atoms with Crippen LogP contribution in [0.2, 0.25) is 0 Å². The SMILES string of the molecule is Cc1cc(-c2ccc(C(N)=O)cc2)ccc1CN. The van der Waals surface area contributed by atoms with Crippen LogP contribution in [0.5, 0.6) is 0 Å². The summed E-state index contributed by atoms with van der Waals surface area (Å²) >= 11 is 0. The molecule has 0 aliphatic carbocycles. The minimum atomic E-state index is -0.406. The number of rotatable bonds is 3. The van der Waals surface area contributed by atoms with Crippen molar-refractivity contribution in [2.45, 2.75) is 13.5 Å². The molecule has 2 aromatic rings. The fourth-order valence-electron chi connectivity index (χ4n) is 1.93. The Kier molecular flexibility index (Phi) is 3.44. The van der Waals surface area contributed by atoms with E-state index in [4.69, 9.17) is 11.5 Å². The summed E-state index contributed by atoms with van der Waals surface area (Å²) < 4.78 is 0. The Hall–Kier alpha value is -2.13. The summed E-state index contributed by atoms with van der Waals surface area (Å²) in [6, 6.07) is 13.4. The molecule has 0 aromatic heterocycles. The molecular formula is C15H16N2O. The zero-order valence-electron chi connectivity index (χ0n) is 10.3. The summed E-state index contributed by atoms with van der Waals surface area (Å²) in [5.74, 6) is -0.406. The van der Waals surface area contributed by atoms with Crippen LogP contribution in [-0.4, -0.2) is 5.91 Å². The maximum Gasteiger partial charge on any atom is 0.248 e. The number of nitrogens with two attached hydrogens (primary N) is 2. The van der Waals surface area contributed by atoms with Crippen molar-refractivity contribution < 1.29 is 4.79 Å². The van der Waals surface area contributed by atoms with E-state index in [1.54, 1.807) is 12.1 Å². The molecule has 3 heteroatoms. The molecule has 0 aliphatic heterocycles. The third kappa shape index (κ3) is 2.41. The van der Waals surface area contributed by atoms with Gasteiger partial charge in [0, 0.05) is 12.1 Å². The first-order chi connectivity index (χ1) is 8.61. The number of amides is 1. The first-order valence-electron chi connectivity index (χ1n) is 5.81. The normalized spacial score (nSPS) is 10.3. The minimum absolute atomic E-state index is 0.406. The summed E-state index contributed by atoms with van der Waals surface area (Å²) in [4.78, 5) is 11.0. The molecule has 0 atom stereocenters. The molecule has 4 N–H and O–H groups in total. The Bertz CT molecular complexity index is 574. The van der Waals surface area contributed by atoms with Crippen molar-refractivity contribution >= 4 is 5.91 Å². The highest BCUT2D eigenvalue weighted by atomic mass is 16.1. The lowest BCUT2D eigenvalue weighted by Crippen LogP contribution is -2.10. The molecule has 0 fully saturated rings. The molecule has 0 spiro atoms. The van der Waals surface area contributed by atoms with Crippen molar-refractivity contribution in [2.75, 3.05) is 0 Å². The average Bonchev–Trinajstić information content (AvgIpc) is 2.38. The lowest BCUT2D eigenvalue weighted by molar-refractivity contribution is 0.100. The lowest BCUT2D eigenvalue weighted by atomic mass is 9.99. The summed E-state index contributed by atoms with van der Waals surface area (Å²) in [7, 11) is 0. The number of carbonyl (C=O) groups excluding carboxylic acids is 1. The van der Waals surface area contributed by atoms with E-state index in [1.807, 2.05) is 31.2 Å². The Morgan fingerprint density at radius 3 is 2.17 bits per heavy atom. The van der Waals surface area contributed by atoms with Crippen LogP contribution < -0.4 is 11.5 Å². The van der Waals surface area contributed by atoms with Gasteiger partial charge in [-0.05, 0) is 41.3 Å². The van der Waals surface area contributed by atoms with E-state index in [1.165, 1.54) is 5.56 Å². The van der Waals surface area contributed by atoms with Crippen molar-refractivity contribution in [3.63, 3.8) is 0 Å². The maximum absolute atomic E-state index is 11.0. The lowest BCUT2D eigenvalue weighted by Gasteiger charge is -2.07. The van der Waals surface area contributed by atoms with Gasteiger partial charge in [0.2, 0.25) is 5.91 Å². The highest BCUT2D eigenvalue weighted by Gasteiger charge is 2.03. The minimum Gasteiger partial charge on any atom is -0.366 e. The fourth-order valence-corrected chi connectivity index (χ4v) is 1.93. The second-order valence-corrected chi connectivity index (χ2v) is 4.29. The quantitative estimate of drug-likeness (QED) is 0.863. The van der Waals surface area contributed by atoms with Gasteiger partial charge in [-0.25, -0.2) is 0 Å². The van der Waals surface area contributed by atoms with Gasteiger partial charge >= 0.3 is 0 Å². The number of carbonyl (C=O) groups is 1. The number of benzene rings is 2. The van der Waals surface area contributed by atoms with E-state index < -0.39 is 5.91 Å². The molecule has 2 rings (SSSR count). The van der Waals surface area contributed by atoms with Gasteiger partial charge in [0.05, 0.1) is 0 Å².